The van der Waals surface area contributed by atoms with E-state index in [1.165, 1.54) is 44.0 Å². The highest BCUT2D eigenvalue weighted by atomic mass is 32.2. The van der Waals surface area contributed by atoms with Crippen molar-refractivity contribution in [3.05, 3.63) is 0 Å². The van der Waals surface area contributed by atoms with Crippen LogP contribution in [0.5, 0.6) is 0 Å². The minimum Gasteiger partial charge on any atom is -0.314 e. The molecule has 2 fully saturated rings. The summed E-state index contributed by atoms with van der Waals surface area (Å²) in [5.74, 6) is 2.75. The molecular formula is C10H20N2S. The molecule has 0 saturated carbocycles. The van der Waals surface area contributed by atoms with Crippen molar-refractivity contribution in [1.29, 1.82) is 0 Å². The van der Waals surface area contributed by atoms with E-state index in [2.05, 4.69) is 28.9 Å². The van der Waals surface area contributed by atoms with Crippen molar-refractivity contribution in [1.82, 2.24) is 10.2 Å². The van der Waals surface area contributed by atoms with Crippen LogP contribution in [0.15, 0.2) is 0 Å². The Kier molecular flexibility index (Phi) is 3.52. The van der Waals surface area contributed by atoms with Crippen LogP contribution >= 0.6 is 11.8 Å². The molecule has 1 unspecified atom stereocenters. The number of nitrogens with one attached hydrogen (secondary N) is 1. The molecule has 1 N–H and O–H groups in total. The third-order valence-corrected chi connectivity index (χ3v) is 4.23. The van der Waals surface area contributed by atoms with Crippen molar-refractivity contribution < 1.29 is 0 Å². The second kappa shape index (κ2) is 4.67. The first-order chi connectivity index (χ1) is 6.42. The smallest absolute Gasteiger partial charge is 0.0348 e. The fourth-order valence-corrected chi connectivity index (χ4v) is 3.45. The predicted octanol–water partition coefficient (Wildman–Crippen LogP) is 1.18. The molecule has 2 aliphatic rings. The maximum absolute atomic E-state index is 3.38. The molecule has 2 nitrogen and oxygen atoms in total. The van der Waals surface area contributed by atoms with Gasteiger partial charge in [0.25, 0.3) is 0 Å². The van der Waals surface area contributed by atoms with E-state index >= 15 is 0 Å². The summed E-state index contributed by atoms with van der Waals surface area (Å²) in [6.07, 6.45) is 2.72. The molecule has 0 aliphatic carbocycles. The summed E-state index contributed by atoms with van der Waals surface area (Å²) in [5.41, 5.74) is 0. The standard InChI is InChI=1S/C10H20N2S/c1-2-4-12(10-6-11-7-10)9-3-5-13-8-9/h9-11H,2-8H2,1H3. The summed E-state index contributed by atoms with van der Waals surface area (Å²) >= 11 is 2.13. The summed E-state index contributed by atoms with van der Waals surface area (Å²) in [7, 11) is 0. The van der Waals surface area contributed by atoms with Gasteiger partial charge in [-0.2, -0.15) is 11.8 Å². The molecule has 3 heteroatoms. The quantitative estimate of drug-likeness (QED) is 0.733. The zero-order valence-corrected chi connectivity index (χ0v) is 9.28. The first kappa shape index (κ1) is 9.81. The Morgan fingerprint density at radius 3 is 2.69 bits per heavy atom. The van der Waals surface area contributed by atoms with Gasteiger partial charge in [0, 0.05) is 30.9 Å². The van der Waals surface area contributed by atoms with Gasteiger partial charge in [-0.15, -0.1) is 0 Å². The van der Waals surface area contributed by atoms with Crippen molar-refractivity contribution in [2.24, 2.45) is 0 Å². The van der Waals surface area contributed by atoms with Crippen LogP contribution in [0.1, 0.15) is 19.8 Å². The fourth-order valence-electron chi connectivity index (χ4n) is 2.21. The maximum Gasteiger partial charge on any atom is 0.0348 e. The topological polar surface area (TPSA) is 15.3 Å². The van der Waals surface area contributed by atoms with Gasteiger partial charge in [0.2, 0.25) is 0 Å². The van der Waals surface area contributed by atoms with Crippen LogP contribution in [0.25, 0.3) is 0 Å². The third kappa shape index (κ3) is 2.20. The van der Waals surface area contributed by atoms with E-state index in [0.29, 0.717) is 0 Å². The van der Waals surface area contributed by atoms with E-state index in [-0.39, 0.29) is 0 Å². The van der Waals surface area contributed by atoms with Gasteiger partial charge in [0.15, 0.2) is 0 Å². The van der Waals surface area contributed by atoms with Crippen LogP contribution in [0.3, 0.4) is 0 Å². The molecule has 0 amide bonds. The fraction of sp³-hybridized carbons (Fsp3) is 1.00. The zero-order chi connectivity index (χ0) is 9.10. The zero-order valence-electron chi connectivity index (χ0n) is 8.46. The Morgan fingerprint density at radius 1 is 1.38 bits per heavy atom. The second-order valence-electron chi connectivity index (χ2n) is 4.07. The highest BCUT2D eigenvalue weighted by molar-refractivity contribution is 7.99. The van der Waals surface area contributed by atoms with Gasteiger partial charge in [0.05, 0.1) is 0 Å². The molecule has 0 aromatic rings. The van der Waals surface area contributed by atoms with Crippen LogP contribution in [0, 0.1) is 0 Å². The van der Waals surface area contributed by atoms with E-state index < -0.39 is 0 Å². The largest absolute Gasteiger partial charge is 0.314 e. The van der Waals surface area contributed by atoms with Crippen molar-refractivity contribution >= 4 is 11.8 Å². The van der Waals surface area contributed by atoms with Gasteiger partial charge in [-0.1, -0.05) is 6.92 Å². The van der Waals surface area contributed by atoms with E-state index in [0.717, 1.165) is 12.1 Å². The van der Waals surface area contributed by atoms with Crippen molar-refractivity contribution in [2.45, 2.75) is 31.8 Å². The Balaban J connectivity index is 1.86. The first-order valence-corrected chi connectivity index (χ1v) is 6.61. The average Bonchev–Trinajstić information content (AvgIpc) is 2.51. The van der Waals surface area contributed by atoms with Crippen molar-refractivity contribution in [3.63, 3.8) is 0 Å². The van der Waals surface area contributed by atoms with Gasteiger partial charge in [-0.3, -0.25) is 4.90 Å². The highest BCUT2D eigenvalue weighted by Crippen LogP contribution is 2.25. The van der Waals surface area contributed by atoms with E-state index in [9.17, 15) is 0 Å². The van der Waals surface area contributed by atoms with Gasteiger partial charge in [-0.05, 0) is 25.1 Å². The van der Waals surface area contributed by atoms with Gasteiger partial charge in [-0.25, -0.2) is 0 Å². The lowest BCUT2D eigenvalue weighted by molar-refractivity contribution is 0.106. The monoisotopic (exact) mass is 200 g/mol. The van der Waals surface area contributed by atoms with Crippen LogP contribution in [-0.2, 0) is 0 Å². The highest BCUT2D eigenvalue weighted by Gasteiger charge is 2.31. The van der Waals surface area contributed by atoms with Crippen LogP contribution in [0.4, 0.5) is 0 Å². The summed E-state index contributed by atoms with van der Waals surface area (Å²) < 4.78 is 0. The van der Waals surface area contributed by atoms with Crippen molar-refractivity contribution in [2.75, 3.05) is 31.1 Å². The summed E-state index contributed by atoms with van der Waals surface area (Å²) in [4.78, 5) is 2.75. The number of hydrogen-bond donors (Lipinski definition) is 1. The minimum atomic E-state index is 0.851. The molecule has 2 saturated heterocycles. The van der Waals surface area contributed by atoms with Gasteiger partial charge >= 0.3 is 0 Å². The van der Waals surface area contributed by atoms with Gasteiger partial charge in [0.1, 0.15) is 0 Å². The Morgan fingerprint density at radius 2 is 2.23 bits per heavy atom. The molecule has 13 heavy (non-hydrogen) atoms. The number of nitrogens with zero attached hydrogens (tertiary/aromatic N) is 1. The van der Waals surface area contributed by atoms with Crippen LogP contribution in [0.2, 0.25) is 0 Å². The minimum absolute atomic E-state index is 0.851. The molecule has 76 valence electrons. The van der Waals surface area contributed by atoms with Crippen LogP contribution < -0.4 is 5.32 Å². The Hall–Kier alpha value is 0.270. The molecule has 0 aromatic carbocycles. The van der Waals surface area contributed by atoms with E-state index in [1.54, 1.807) is 0 Å². The molecule has 0 radical (unpaired) electrons. The molecule has 0 bridgehead atoms. The van der Waals surface area contributed by atoms with Crippen LogP contribution in [-0.4, -0.2) is 48.1 Å². The SMILES string of the molecule is CCCN(C1CNC1)C1CCSC1. The maximum atomic E-state index is 3.38. The van der Waals surface area contributed by atoms with Gasteiger partial charge < -0.3 is 5.32 Å². The molecule has 2 aliphatic heterocycles. The third-order valence-electron chi connectivity index (χ3n) is 3.09. The lowest BCUT2D eigenvalue weighted by Gasteiger charge is -2.41. The average molecular weight is 200 g/mol. The second-order valence-corrected chi connectivity index (χ2v) is 5.22. The number of rotatable bonds is 4. The first-order valence-electron chi connectivity index (χ1n) is 5.46. The van der Waals surface area contributed by atoms with E-state index in [1.807, 2.05) is 0 Å². The lowest BCUT2D eigenvalue weighted by Crippen LogP contribution is -2.60. The Bertz CT molecular complexity index is 153. The predicted molar refractivity (Wildman–Crippen MR) is 59.4 cm³/mol. The number of thioether (sulfide) groups is 1. The normalized spacial score (nSPS) is 29.5. The molecule has 2 rings (SSSR count). The van der Waals surface area contributed by atoms with E-state index in [4.69, 9.17) is 0 Å². The summed E-state index contributed by atoms with van der Waals surface area (Å²) in [6.45, 7) is 6.04. The molecule has 0 aromatic heterocycles. The number of hydrogen-bond acceptors (Lipinski definition) is 3. The summed E-state index contributed by atoms with van der Waals surface area (Å²) in [6, 6.07) is 1.74. The summed E-state index contributed by atoms with van der Waals surface area (Å²) in [5, 5.41) is 3.38. The molecule has 0 spiro atoms. The Labute approximate surface area is 85.4 Å². The lowest BCUT2D eigenvalue weighted by atomic mass is 10.1. The molecular weight excluding hydrogens is 180 g/mol. The van der Waals surface area contributed by atoms with Crippen molar-refractivity contribution in [3.8, 4) is 0 Å². The molecule has 1 atom stereocenters. The molecule has 2 heterocycles.